The largest absolute Gasteiger partial charge is 0.495 e. The summed E-state index contributed by atoms with van der Waals surface area (Å²) in [6.45, 7) is 7.03. The van der Waals surface area contributed by atoms with Crippen LogP contribution in [0.25, 0.3) is 11.4 Å². The van der Waals surface area contributed by atoms with E-state index in [1.54, 1.807) is 12.0 Å². The van der Waals surface area contributed by atoms with E-state index in [0.717, 1.165) is 11.3 Å². The number of carbonyl (C=O) groups excluding carboxylic acids is 1. The van der Waals surface area contributed by atoms with E-state index in [2.05, 4.69) is 43.0 Å². The lowest BCUT2D eigenvalue weighted by Gasteiger charge is -2.19. The van der Waals surface area contributed by atoms with Gasteiger partial charge in [-0.1, -0.05) is 62.3 Å². The Hall–Kier alpha value is -3.15. The summed E-state index contributed by atoms with van der Waals surface area (Å²) in [6, 6.07) is 15.7. The van der Waals surface area contributed by atoms with Crippen molar-refractivity contribution >= 4 is 11.6 Å². The molecular weight excluding hydrogens is 366 g/mol. The number of rotatable bonds is 4. The molecule has 0 radical (unpaired) electrons. The monoisotopic (exact) mass is 391 g/mol. The topological polar surface area (TPSA) is 68.5 Å². The summed E-state index contributed by atoms with van der Waals surface area (Å²) in [5, 5.41) is 4.14. The Bertz CT molecular complexity index is 1020. The van der Waals surface area contributed by atoms with Crippen molar-refractivity contribution in [2.75, 3.05) is 18.6 Å². The first kappa shape index (κ1) is 19.2. The van der Waals surface area contributed by atoms with Gasteiger partial charge in [-0.25, -0.2) is 0 Å². The molecule has 1 atom stereocenters. The number of anilines is 1. The number of ether oxygens (including phenoxy) is 1. The Morgan fingerprint density at radius 3 is 2.52 bits per heavy atom. The van der Waals surface area contributed by atoms with Crippen molar-refractivity contribution in [2.45, 2.75) is 38.5 Å². The Labute approximate surface area is 170 Å². The van der Waals surface area contributed by atoms with Gasteiger partial charge in [-0.3, -0.25) is 4.79 Å². The number of aromatic nitrogens is 2. The highest BCUT2D eigenvalue weighted by Crippen LogP contribution is 2.36. The fourth-order valence-corrected chi connectivity index (χ4v) is 3.60. The predicted molar refractivity (Wildman–Crippen MR) is 111 cm³/mol. The molecular formula is C23H25N3O3. The molecule has 0 bridgehead atoms. The molecule has 3 aromatic rings. The predicted octanol–water partition coefficient (Wildman–Crippen LogP) is 4.56. The number of benzene rings is 2. The lowest BCUT2D eigenvalue weighted by atomic mass is 9.87. The highest BCUT2D eigenvalue weighted by molar-refractivity contribution is 5.97. The molecule has 1 saturated heterocycles. The highest BCUT2D eigenvalue weighted by atomic mass is 16.5. The van der Waals surface area contributed by atoms with Crippen molar-refractivity contribution in [2.24, 2.45) is 0 Å². The van der Waals surface area contributed by atoms with Crippen LogP contribution < -0.4 is 9.64 Å². The van der Waals surface area contributed by atoms with Gasteiger partial charge in [0.25, 0.3) is 0 Å². The molecule has 1 aromatic heterocycles. The summed E-state index contributed by atoms with van der Waals surface area (Å²) in [5.74, 6) is 1.59. The zero-order valence-corrected chi connectivity index (χ0v) is 17.2. The third-order valence-corrected chi connectivity index (χ3v) is 5.30. The number of amides is 1. The molecule has 1 amide bonds. The van der Waals surface area contributed by atoms with E-state index in [4.69, 9.17) is 9.26 Å². The summed E-state index contributed by atoms with van der Waals surface area (Å²) < 4.78 is 10.9. The van der Waals surface area contributed by atoms with Gasteiger partial charge in [0, 0.05) is 18.5 Å². The maximum absolute atomic E-state index is 12.6. The molecule has 1 aliphatic heterocycles. The smallest absolute Gasteiger partial charge is 0.232 e. The second-order valence-corrected chi connectivity index (χ2v) is 8.36. The van der Waals surface area contributed by atoms with E-state index in [1.165, 1.54) is 5.56 Å². The van der Waals surface area contributed by atoms with Crippen LogP contribution >= 0.6 is 0 Å². The molecule has 150 valence electrons. The maximum atomic E-state index is 12.6. The van der Waals surface area contributed by atoms with Crippen LogP contribution in [0, 0.1) is 0 Å². The van der Waals surface area contributed by atoms with E-state index in [0.29, 0.717) is 30.4 Å². The maximum Gasteiger partial charge on any atom is 0.232 e. The average Bonchev–Trinajstić information content (AvgIpc) is 3.34. The quantitative estimate of drug-likeness (QED) is 0.652. The lowest BCUT2D eigenvalue weighted by Crippen LogP contribution is -2.24. The van der Waals surface area contributed by atoms with Crippen LogP contribution in [0.4, 0.5) is 5.69 Å². The number of nitrogens with zero attached hydrogens (tertiary/aromatic N) is 3. The summed E-state index contributed by atoms with van der Waals surface area (Å²) >= 11 is 0. The van der Waals surface area contributed by atoms with Crippen molar-refractivity contribution in [1.29, 1.82) is 0 Å². The Morgan fingerprint density at radius 1 is 1.10 bits per heavy atom. The summed E-state index contributed by atoms with van der Waals surface area (Å²) in [6.07, 6.45) is 0.336. The molecule has 0 spiro atoms. The molecule has 0 N–H and O–H groups in total. The van der Waals surface area contributed by atoms with Gasteiger partial charge in [0.2, 0.25) is 17.6 Å². The SMILES string of the molecule is COc1ccccc1N1CC(c2nc(-c3ccc(C(C)(C)C)cc3)no2)CC1=O. The van der Waals surface area contributed by atoms with Gasteiger partial charge in [-0.2, -0.15) is 4.98 Å². The summed E-state index contributed by atoms with van der Waals surface area (Å²) in [7, 11) is 1.60. The van der Waals surface area contributed by atoms with E-state index >= 15 is 0 Å². The first-order chi connectivity index (χ1) is 13.9. The summed E-state index contributed by atoms with van der Waals surface area (Å²) in [5.41, 5.74) is 3.00. The fourth-order valence-electron chi connectivity index (χ4n) is 3.60. The molecule has 0 saturated carbocycles. The zero-order valence-electron chi connectivity index (χ0n) is 17.2. The van der Waals surface area contributed by atoms with Crippen molar-refractivity contribution in [3.8, 4) is 17.1 Å². The van der Waals surface area contributed by atoms with E-state index < -0.39 is 0 Å². The fraction of sp³-hybridized carbons (Fsp3) is 0.348. The first-order valence-corrected chi connectivity index (χ1v) is 9.74. The number of methoxy groups -OCH3 is 1. The van der Waals surface area contributed by atoms with E-state index in [-0.39, 0.29) is 17.2 Å². The standard InChI is InChI=1S/C23H25N3O3/c1-23(2,3)17-11-9-15(10-12-17)21-24-22(29-25-21)16-13-20(27)26(14-16)18-7-5-6-8-19(18)28-4/h5-12,16H,13-14H2,1-4H3. The molecule has 4 rings (SSSR count). The minimum Gasteiger partial charge on any atom is -0.495 e. The van der Waals surface area contributed by atoms with Crippen LogP contribution in [0.3, 0.4) is 0 Å². The first-order valence-electron chi connectivity index (χ1n) is 9.74. The van der Waals surface area contributed by atoms with Gasteiger partial charge < -0.3 is 14.2 Å². The van der Waals surface area contributed by atoms with E-state index in [9.17, 15) is 4.79 Å². The molecule has 2 heterocycles. The van der Waals surface area contributed by atoms with Crippen LogP contribution in [-0.2, 0) is 10.2 Å². The van der Waals surface area contributed by atoms with Crippen LogP contribution in [0.5, 0.6) is 5.75 Å². The van der Waals surface area contributed by atoms with Gasteiger partial charge in [0.05, 0.1) is 18.7 Å². The molecule has 6 heteroatoms. The van der Waals surface area contributed by atoms with Crippen LogP contribution in [0.2, 0.25) is 0 Å². The molecule has 2 aromatic carbocycles. The van der Waals surface area contributed by atoms with Gasteiger partial charge >= 0.3 is 0 Å². The van der Waals surface area contributed by atoms with Crippen molar-refractivity contribution in [3.05, 3.63) is 60.0 Å². The Balaban J connectivity index is 1.54. The van der Waals surface area contributed by atoms with Crippen LogP contribution in [0.15, 0.2) is 53.1 Å². The summed E-state index contributed by atoms with van der Waals surface area (Å²) in [4.78, 5) is 18.9. The number of hydrogen-bond acceptors (Lipinski definition) is 5. The third kappa shape index (κ3) is 3.75. The third-order valence-electron chi connectivity index (χ3n) is 5.30. The molecule has 6 nitrogen and oxygen atoms in total. The number of carbonyl (C=O) groups is 1. The number of para-hydroxylation sites is 2. The van der Waals surface area contributed by atoms with Crippen molar-refractivity contribution in [1.82, 2.24) is 10.1 Å². The molecule has 1 fully saturated rings. The Morgan fingerprint density at radius 2 is 1.83 bits per heavy atom. The minimum atomic E-state index is -0.137. The second-order valence-electron chi connectivity index (χ2n) is 8.36. The zero-order chi connectivity index (χ0) is 20.6. The normalized spacial score (nSPS) is 17.0. The second kappa shape index (κ2) is 7.35. The Kier molecular flexibility index (Phi) is 4.86. The molecule has 29 heavy (non-hydrogen) atoms. The van der Waals surface area contributed by atoms with Gasteiger partial charge in [-0.05, 0) is 23.1 Å². The highest BCUT2D eigenvalue weighted by Gasteiger charge is 2.36. The van der Waals surface area contributed by atoms with Crippen molar-refractivity contribution < 1.29 is 14.1 Å². The van der Waals surface area contributed by atoms with Gasteiger partial charge in [-0.15, -0.1) is 0 Å². The van der Waals surface area contributed by atoms with Crippen LogP contribution in [0.1, 0.15) is 44.6 Å². The van der Waals surface area contributed by atoms with Crippen molar-refractivity contribution in [3.63, 3.8) is 0 Å². The molecule has 1 unspecified atom stereocenters. The number of hydrogen-bond donors (Lipinski definition) is 0. The molecule has 1 aliphatic rings. The van der Waals surface area contributed by atoms with E-state index in [1.807, 2.05) is 36.4 Å². The minimum absolute atomic E-state index is 0.0220. The van der Waals surface area contributed by atoms with Gasteiger partial charge in [0.1, 0.15) is 5.75 Å². The van der Waals surface area contributed by atoms with Gasteiger partial charge in [0.15, 0.2) is 0 Å². The average molecular weight is 391 g/mol. The molecule has 0 aliphatic carbocycles. The van der Waals surface area contributed by atoms with Crippen LogP contribution in [-0.4, -0.2) is 29.7 Å². The lowest BCUT2D eigenvalue weighted by molar-refractivity contribution is -0.117.